The molecule has 1 aliphatic rings. The first-order valence-electron chi connectivity index (χ1n) is 11.4. The van der Waals surface area contributed by atoms with E-state index in [1.54, 1.807) is 0 Å². The van der Waals surface area contributed by atoms with Crippen molar-refractivity contribution in [1.29, 1.82) is 0 Å². The zero-order chi connectivity index (χ0) is 28.9. The lowest BCUT2D eigenvalue weighted by Gasteiger charge is -2.19. The second-order valence-corrected chi connectivity index (χ2v) is 11.1. The number of halogens is 5. The molecule has 14 heteroatoms. The minimum Gasteiger partial charge on any atom is -0.490 e. The van der Waals surface area contributed by atoms with Crippen LogP contribution in [0.15, 0.2) is 35.2 Å². The third-order valence-electron chi connectivity index (χ3n) is 6.14. The van der Waals surface area contributed by atoms with Crippen molar-refractivity contribution in [1.82, 2.24) is 10.2 Å². The van der Waals surface area contributed by atoms with E-state index in [0.717, 1.165) is 26.4 Å². The van der Waals surface area contributed by atoms with Gasteiger partial charge in [0.05, 0.1) is 12.0 Å². The normalized spacial score (nSPS) is 14.6. The molecule has 1 aromatic heterocycles. The van der Waals surface area contributed by atoms with Gasteiger partial charge in [0.2, 0.25) is 0 Å². The lowest BCUT2D eigenvalue weighted by Crippen LogP contribution is -2.21. The first-order valence-corrected chi connectivity index (χ1v) is 13.3. The van der Waals surface area contributed by atoms with Gasteiger partial charge in [0.25, 0.3) is 11.8 Å². The van der Waals surface area contributed by atoms with Gasteiger partial charge < -0.3 is 14.8 Å². The number of carbonyl (C=O) groups is 1. The van der Waals surface area contributed by atoms with Gasteiger partial charge in [-0.15, -0.1) is 10.2 Å². The molecule has 39 heavy (non-hydrogen) atoms. The number of hydrogen-bond donors (Lipinski definition) is 1. The molecule has 1 heterocycles. The number of carbonyl (C=O) groups excluding carboxylic acids is 1. The van der Waals surface area contributed by atoms with Crippen molar-refractivity contribution in [2.75, 3.05) is 18.7 Å². The van der Waals surface area contributed by atoms with Crippen LogP contribution >= 0.6 is 0 Å². The summed E-state index contributed by atoms with van der Waals surface area (Å²) in [7, 11) is -2.56. The topological polar surface area (TPSA) is 107 Å². The van der Waals surface area contributed by atoms with Crippen molar-refractivity contribution in [3.8, 4) is 17.4 Å². The Morgan fingerprint density at radius 1 is 1.10 bits per heavy atom. The van der Waals surface area contributed by atoms with Gasteiger partial charge in [0.1, 0.15) is 11.2 Å². The molecule has 0 aliphatic heterocycles. The van der Waals surface area contributed by atoms with Crippen LogP contribution in [0.1, 0.15) is 45.6 Å². The highest BCUT2D eigenvalue weighted by molar-refractivity contribution is 7.90. The van der Waals surface area contributed by atoms with E-state index in [1.807, 2.05) is 0 Å². The summed E-state index contributed by atoms with van der Waals surface area (Å²) < 4.78 is 105. The Bertz CT molecular complexity index is 1590. The lowest BCUT2D eigenvalue weighted by atomic mass is 10.0. The highest BCUT2D eigenvalue weighted by Gasteiger charge is 2.48. The molecule has 4 rings (SSSR count). The number of ether oxygens (including phenoxy) is 2. The number of alkyl halides is 4. The fourth-order valence-electron chi connectivity index (χ4n) is 3.96. The average molecular weight is 572 g/mol. The number of benzene rings is 2. The maximum Gasteiger partial charge on any atom is 0.435 e. The second kappa shape index (κ2) is 9.74. The first kappa shape index (κ1) is 28.2. The molecular formula is C25H22F5N3O5S. The molecule has 0 saturated heterocycles. The fourth-order valence-corrected chi connectivity index (χ4v) is 4.63. The van der Waals surface area contributed by atoms with Crippen molar-refractivity contribution in [3.63, 3.8) is 0 Å². The Balaban J connectivity index is 1.82. The Morgan fingerprint density at radius 3 is 2.33 bits per heavy atom. The standard InChI is InChI=1S/C25H22F5N3O5S/c1-12-10-16(24(27)8-9-24)18(26)20(37-3)19(12)38-23-17(13(2)21(32-33-23)25(28,29)30)22(34)31-14-6-5-7-15(11-14)39(4,35)36/h5-7,10-11H,8-9H2,1-4H3,(H,31,34). The molecule has 0 radical (unpaired) electrons. The number of aromatic nitrogens is 2. The van der Waals surface area contributed by atoms with Crippen LogP contribution in [0.25, 0.3) is 0 Å². The maximum atomic E-state index is 15.2. The SMILES string of the molecule is COc1c(F)c(C2(F)CC2)cc(C)c1Oc1nnc(C(F)(F)F)c(C)c1C(=O)Nc1cccc(S(C)(=O)=O)c1. The highest BCUT2D eigenvalue weighted by atomic mass is 32.2. The van der Waals surface area contributed by atoms with Crippen molar-refractivity contribution in [2.45, 2.75) is 43.4 Å². The number of sulfone groups is 1. The molecule has 1 fully saturated rings. The van der Waals surface area contributed by atoms with E-state index < -0.39 is 61.9 Å². The Hall–Kier alpha value is -3.81. The minimum absolute atomic E-state index is 0.0412. The monoisotopic (exact) mass is 571 g/mol. The van der Waals surface area contributed by atoms with E-state index in [2.05, 4.69) is 15.5 Å². The van der Waals surface area contributed by atoms with Crippen LogP contribution in [-0.4, -0.2) is 37.9 Å². The van der Waals surface area contributed by atoms with E-state index in [1.165, 1.54) is 31.2 Å². The number of nitrogens with one attached hydrogen (secondary N) is 1. The average Bonchev–Trinajstić information content (AvgIpc) is 3.58. The molecule has 1 saturated carbocycles. The van der Waals surface area contributed by atoms with Gasteiger partial charge in [-0.3, -0.25) is 4.79 Å². The van der Waals surface area contributed by atoms with Crippen molar-refractivity contribution >= 4 is 21.4 Å². The van der Waals surface area contributed by atoms with Gasteiger partial charge in [-0.2, -0.15) is 13.2 Å². The van der Waals surface area contributed by atoms with E-state index >= 15 is 4.39 Å². The summed E-state index contributed by atoms with van der Waals surface area (Å²) in [5.41, 5.74) is -4.81. The van der Waals surface area contributed by atoms with E-state index in [9.17, 15) is 30.8 Å². The maximum absolute atomic E-state index is 15.2. The molecule has 1 N–H and O–H groups in total. The summed E-state index contributed by atoms with van der Waals surface area (Å²) in [6.07, 6.45) is -3.81. The highest BCUT2D eigenvalue weighted by Crippen LogP contribution is 2.53. The Morgan fingerprint density at radius 2 is 1.77 bits per heavy atom. The minimum atomic E-state index is -4.98. The number of amides is 1. The van der Waals surface area contributed by atoms with Crippen molar-refractivity contribution < 1.29 is 44.6 Å². The Kier molecular flexibility index (Phi) is 7.04. The molecule has 2 aromatic carbocycles. The van der Waals surface area contributed by atoms with Crippen LogP contribution in [-0.2, 0) is 21.7 Å². The van der Waals surface area contributed by atoms with Gasteiger partial charge in [0, 0.05) is 17.5 Å². The molecular weight excluding hydrogens is 549 g/mol. The summed E-state index contributed by atoms with van der Waals surface area (Å²) in [5, 5.41) is 8.95. The van der Waals surface area contributed by atoms with Crippen molar-refractivity contribution in [2.24, 2.45) is 0 Å². The second-order valence-electron chi connectivity index (χ2n) is 9.09. The van der Waals surface area contributed by atoms with Crippen LogP contribution in [0, 0.1) is 19.7 Å². The number of hydrogen-bond acceptors (Lipinski definition) is 7. The largest absolute Gasteiger partial charge is 0.490 e. The van der Waals surface area contributed by atoms with E-state index in [-0.39, 0.29) is 40.3 Å². The predicted octanol–water partition coefficient (Wildman–Crippen LogP) is 5.67. The molecule has 1 aliphatic carbocycles. The number of methoxy groups -OCH3 is 1. The van der Waals surface area contributed by atoms with Gasteiger partial charge in [-0.05, 0) is 62.1 Å². The molecule has 8 nitrogen and oxygen atoms in total. The smallest absolute Gasteiger partial charge is 0.435 e. The summed E-state index contributed by atoms with van der Waals surface area (Å²) in [4.78, 5) is 13.1. The van der Waals surface area contributed by atoms with Gasteiger partial charge in [-0.25, -0.2) is 17.2 Å². The summed E-state index contributed by atoms with van der Waals surface area (Å²) >= 11 is 0. The van der Waals surface area contributed by atoms with Crippen LogP contribution in [0.4, 0.5) is 27.6 Å². The van der Waals surface area contributed by atoms with Crippen LogP contribution in [0.5, 0.6) is 17.4 Å². The molecule has 0 spiro atoms. The molecule has 1 amide bonds. The molecule has 208 valence electrons. The van der Waals surface area contributed by atoms with Crippen LogP contribution in [0.2, 0.25) is 0 Å². The molecule has 0 unspecified atom stereocenters. The first-order chi connectivity index (χ1) is 18.1. The van der Waals surface area contributed by atoms with Crippen LogP contribution in [0.3, 0.4) is 0 Å². The summed E-state index contributed by atoms with van der Waals surface area (Å²) in [6, 6.07) is 6.25. The number of anilines is 1. The molecule has 0 atom stereocenters. The summed E-state index contributed by atoms with van der Waals surface area (Å²) in [5.74, 6) is -3.78. The molecule has 0 bridgehead atoms. The third-order valence-corrected chi connectivity index (χ3v) is 7.25. The Labute approximate surface area is 220 Å². The lowest BCUT2D eigenvalue weighted by molar-refractivity contribution is -0.142. The van der Waals surface area contributed by atoms with Gasteiger partial charge in [0.15, 0.2) is 32.8 Å². The molecule has 3 aromatic rings. The zero-order valence-corrected chi connectivity index (χ0v) is 21.9. The predicted molar refractivity (Wildman–Crippen MR) is 129 cm³/mol. The number of nitrogens with zero attached hydrogens (tertiary/aromatic N) is 2. The number of rotatable bonds is 7. The van der Waals surface area contributed by atoms with Gasteiger partial charge in [-0.1, -0.05) is 6.07 Å². The van der Waals surface area contributed by atoms with Gasteiger partial charge >= 0.3 is 6.18 Å². The summed E-state index contributed by atoms with van der Waals surface area (Å²) in [6.45, 7) is 2.41. The zero-order valence-electron chi connectivity index (χ0n) is 21.0. The van der Waals surface area contributed by atoms with E-state index in [0.29, 0.717) is 0 Å². The van der Waals surface area contributed by atoms with E-state index in [4.69, 9.17) is 9.47 Å². The number of aryl methyl sites for hydroxylation is 1. The fraction of sp³-hybridized carbons (Fsp3) is 0.320. The van der Waals surface area contributed by atoms with Crippen molar-refractivity contribution in [3.05, 3.63) is 64.1 Å². The van der Waals surface area contributed by atoms with Crippen LogP contribution < -0.4 is 14.8 Å². The third kappa shape index (κ3) is 5.51. The quantitative estimate of drug-likeness (QED) is 0.365.